The highest BCUT2D eigenvalue weighted by Gasteiger charge is 2.15. The summed E-state index contributed by atoms with van der Waals surface area (Å²) in [4.78, 5) is 12.3. The number of carbonyl (C=O) groups excluding carboxylic acids is 1. The Morgan fingerprint density at radius 1 is 1.64 bits per heavy atom. The number of thiophene rings is 1. The largest absolute Gasteiger partial charge is 0.465 e. The van der Waals surface area contributed by atoms with Crippen molar-refractivity contribution in [3.05, 3.63) is 21.9 Å². The molecular formula is C10H15NO2S. The summed E-state index contributed by atoms with van der Waals surface area (Å²) in [6.45, 7) is 3.93. The van der Waals surface area contributed by atoms with Gasteiger partial charge < -0.3 is 10.5 Å². The zero-order valence-electron chi connectivity index (χ0n) is 8.66. The number of rotatable bonds is 3. The van der Waals surface area contributed by atoms with E-state index >= 15 is 0 Å². The number of methoxy groups -OCH3 is 1. The standard InChI is InChI=1S/C10H15NO2S/c1-10(2,11)5-8-4-7(6-14-8)9(12)13-3/h4,6H,5,11H2,1-3H3. The van der Waals surface area contributed by atoms with Crippen LogP contribution in [0.4, 0.5) is 0 Å². The highest BCUT2D eigenvalue weighted by Crippen LogP contribution is 2.19. The number of esters is 1. The van der Waals surface area contributed by atoms with Gasteiger partial charge in [-0.2, -0.15) is 0 Å². The Bertz CT molecular complexity index is 325. The SMILES string of the molecule is COC(=O)c1csc(CC(C)(C)N)c1. The van der Waals surface area contributed by atoms with E-state index in [0.29, 0.717) is 5.56 Å². The molecule has 0 saturated heterocycles. The molecule has 0 aliphatic rings. The van der Waals surface area contributed by atoms with Gasteiger partial charge in [0.1, 0.15) is 0 Å². The van der Waals surface area contributed by atoms with E-state index in [9.17, 15) is 4.79 Å². The third kappa shape index (κ3) is 3.12. The first-order valence-electron chi connectivity index (χ1n) is 4.37. The smallest absolute Gasteiger partial charge is 0.338 e. The van der Waals surface area contributed by atoms with Crippen molar-refractivity contribution in [2.45, 2.75) is 25.8 Å². The summed E-state index contributed by atoms with van der Waals surface area (Å²) in [6.07, 6.45) is 0.772. The third-order valence-electron chi connectivity index (χ3n) is 1.70. The molecule has 3 nitrogen and oxygen atoms in total. The van der Waals surface area contributed by atoms with Crippen molar-refractivity contribution in [1.82, 2.24) is 0 Å². The van der Waals surface area contributed by atoms with E-state index in [1.54, 1.807) is 5.38 Å². The molecule has 1 rings (SSSR count). The van der Waals surface area contributed by atoms with Crippen LogP contribution in [0.1, 0.15) is 29.1 Å². The average Bonchev–Trinajstić information content (AvgIpc) is 2.48. The molecule has 0 saturated carbocycles. The minimum Gasteiger partial charge on any atom is -0.465 e. The summed E-state index contributed by atoms with van der Waals surface area (Å²) < 4.78 is 4.62. The van der Waals surface area contributed by atoms with Crippen LogP contribution in [0.5, 0.6) is 0 Å². The minimum atomic E-state index is -0.290. The number of hydrogen-bond donors (Lipinski definition) is 1. The summed E-state index contributed by atoms with van der Waals surface area (Å²) in [5, 5.41) is 1.80. The maximum absolute atomic E-state index is 11.1. The molecule has 1 aromatic rings. The van der Waals surface area contributed by atoms with Gasteiger partial charge in [0, 0.05) is 15.8 Å². The zero-order valence-corrected chi connectivity index (χ0v) is 9.48. The molecule has 0 aliphatic heterocycles. The first-order valence-corrected chi connectivity index (χ1v) is 5.25. The van der Waals surface area contributed by atoms with Crippen molar-refractivity contribution in [2.75, 3.05) is 7.11 Å². The van der Waals surface area contributed by atoms with E-state index in [-0.39, 0.29) is 11.5 Å². The second-order valence-electron chi connectivity index (χ2n) is 3.96. The average molecular weight is 213 g/mol. The quantitative estimate of drug-likeness (QED) is 0.779. The lowest BCUT2D eigenvalue weighted by molar-refractivity contribution is 0.0601. The lowest BCUT2D eigenvalue weighted by Gasteiger charge is -2.16. The van der Waals surface area contributed by atoms with Crippen molar-refractivity contribution in [1.29, 1.82) is 0 Å². The molecule has 1 aromatic heterocycles. The van der Waals surface area contributed by atoms with Gasteiger partial charge in [0.25, 0.3) is 0 Å². The van der Waals surface area contributed by atoms with E-state index in [1.165, 1.54) is 18.4 Å². The minimum absolute atomic E-state index is 0.238. The van der Waals surface area contributed by atoms with Crippen LogP contribution in [0.25, 0.3) is 0 Å². The number of ether oxygens (including phenoxy) is 1. The fourth-order valence-electron chi connectivity index (χ4n) is 1.15. The van der Waals surface area contributed by atoms with Crippen molar-refractivity contribution >= 4 is 17.3 Å². The van der Waals surface area contributed by atoms with Crippen LogP contribution in [-0.2, 0) is 11.2 Å². The lowest BCUT2D eigenvalue weighted by Crippen LogP contribution is -2.34. The van der Waals surface area contributed by atoms with E-state index in [4.69, 9.17) is 5.73 Å². The first kappa shape index (κ1) is 11.2. The van der Waals surface area contributed by atoms with Crippen LogP contribution in [0, 0.1) is 0 Å². The second-order valence-corrected chi connectivity index (χ2v) is 4.95. The van der Waals surface area contributed by atoms with Gasteiger partial charge in [0.2, 0.25) is 0 Å². The number of carbonyl (C=O) groups is 1. The van der Waals surface area contributed by atoms with Crippen LogP contribution in [0.2, 0.25) is 0 Å². The molecule has 0 spiro atoms. The molecule has 14 heavy (non-hydrogen) atoms. The van der Waals surface area contributed by atoms with Gasteiger partial charge in [-0.3, -0.25) is 0 Å². The van der Waals surface area contributed by atoms with Gasteiger partial charge in [-0.05, 0) is 26.3 Å². The summed E-state index contributed by atoms with van der Waals surface area (Å²) in [6, 6.07) is 1.84. The molecule has 2 N–H and O–H groups in total. The van der Waals surface area contributed by atoms with Crippen LogP contribution >= 0.6 is 11.3 Å². The molecule has 0 fully saturated rings. The molecule has 0 aliphatic carbocycles. The molecule has 0 atom stereocenters. The van der Waals surface area contributed by atoms with Crippen molar-refractivity contribution in [3.8, 4) is 0 Å². The molecule has 0 radical (unpaired) electrons. The van der Waals surface area contributed by atoms with Crippen molar-refractivity contribution in [2.24, 2.45) is 5.73 Å². The summed E-state index contributed by atoms with van der Waals surface area (Å²) >= 11 is 1.54. The van der Waals surface area contributed by atoms with Crippen LogP contribution in [0.3, 0.4) is 0 Å². The molecule has 1 heterocycles. The van der Waals surface area contributed by atoms with Crippen molar-refractivity contribution < 1.29 is 9.53 Å². The van der Waals surface area contributed by atoms with Crippen LogP contribution < -0.4 is 5.73 Å². The zero-order chi connectivity index (χ0) is 10.8. The van der Waals surface area contributed by atoms with E-state index < -0.39 is 0 Å². The molecule has 0 unspecified atom stereocenters. The highest BCUT2D eigenvalue weighted by atomic mass is 32.1. The Morgan fingerprint density at radius 3 is 2.79 bits per heavy atom. The number of nitrogens with two attached hydrogens (primary N) is 1. The predicted octanol–water partition coefficient (Wildman–Crippen LogP) is 1.81. The van der Waals surface area contributed by atoms with E-state index in [2.05, 4.69) is 4.74 Å². The highest BCUT2D eigenvalue weighted by molar-refractivity contribution is 7.10. The number of hydrogen-bond acceptors (Lipinski definition) is 4. The fourth-order valence-corrected chi connectivity index (χ4v) is 2.24. The fraction of sp³-hybridized carbons (Fsp3) is 0.500. The third-order valence-corrected chi connectivity index (χ3v) is 2.64. The van der Waals surface area contributed by atoms with Gasteiger partial charge in [-0.15, -0.1) is 11.3 Å². The Balaban J connectivity index is 2.74. The van der Waals surface area contributed by atoms with Crippen LogP contribution in [-0.4, -0.2) is 18.6 Å². The lowest BCUT2D eigenvalue weighted by atomic mass is 10.0. The Labute approximate surface area is 87.9 Å². The monoisotopic (exact) mass is 213 g/mol. The molecule has 0 bridgehead atoms. The topological polar surface area (TPSA) is 52.3 Å². The van der Waals surface area contributed by atoms with Crippen molar-refractivity contribution in [3.63, 3.8) is 0 Å². The maximum Gasteiger partial charge on any atom is 0.338 e. The van der Waals surface area contributed by atoms with E-state index in [0.717, 1.165) is 11.3 Å². The van der Waals surface area contributed by atoms with Gasteiger partial charge in [0.15, 0.2) is 0 Å². The Kier molecular flexibility index (Phi) is 3.29. The van der Waals surface area contributed by atoms with Gasteiger partial charge in [0.05, 0.1) is 12.7 Å². The predicted molar refractivity (Wildman–Crippen MR) is 57.6 cm³/mol. The summed E-state index contributed by atoms with van der Waals surface area (Å²) in [5.41, 5.74) is 6.25. The molecule has 0 amide bonds. The molecule has 0 aromatic carbocycles. The summed E-state index contributed by atoms with van der Waals surface area (Å²) in [7, 11) is 1.38. The Morgan fingerprint density at radius 2 is 2.29 bits per heavy atom. The van der Waals surface area contributed by atoms with E-state index in [1.807, 2.05) is 19.9 Å². The molecular weight excluding hydrogens is 198 g/mol. The molecule has 4 heteroatoms. The Hall–Kier alpha value is -0.870. The van der Waals surface area contributed by atoms with Crippen LogP contribution in [0.15, 0.2) is 11.4 Å². The normalized spacial score (nSPS) is 11.4. The van der Waals surface area contributed by atoms with Gasteiger partial charge in [-0.1, -0.05) is 0 Å². The van der Waals surface area contributed by atoms with Gasteiger partial charge >= 0.3 is 5.97 Å². The van der Waals surface area contributed by atoms with Gasteiger partial charge in [-0.25, -0.2) is 4.79 Å². The second kappa shape index (κ2) is 4.11. The molecule has 78 valence electrons. The first-order chi connectivity index (χ1) is 6.42. The maximum atomic E-state index is 11.1. The summed E-state index contributed by atoms with van der Waals surface area (Å²) in [5.74, 6) is -0.290.